The molecule has 0 spiro atoms. The summed E-state index contributed by atoms with van der Waals surface area (Å²) in [5.74, 6) is -0.406. The van der Waals surface area contributed by atoms with E-state index in [4.69, 9.17) is 6.11 Å². The number of nitroso groups, excluding NO2 is 1. The standard InChI is InChI=1S/C18H13BrN4O3.H2O/c19-18-20-16-15(26-17(24)12-6-8-13(22-25)9-7-12)10-14(23(16)21-18)11-4-2-1-3-5-11;/h1-9,14-15H,10H2;1H2/t14-,15+;/m0./s1/i15D;. The van der Waals surface area contributed by atoms with E-state index in [9.17, 15) is 9.70 Å². The van der Waals surface area contributed by atoms with Gasteiger partial charge in [0.15, 0.2) is 11.9 Å². The van der Waals surface area contributed by atoms with Crippen molar-refractivity contribution in [3.63, 3.8) is 0 Å². The van der Waals surface area contributed by atoms with Crippen LogP contribution in [0.15, 0.2) is 59.3 Å². The highest BCUT2D eigenvalue weighted by Crippen LogP contribution is 2.40. The molecule has 0 bridgehead atoms. The molecule has 3 aromatic rings. The van der Waals surface area contributed by atoms with Crippen molar-refractivity contribution < 1.29 is 21.6 Å². The van der Waals surface area contributed by atoms with Crippen LogP contribution >= 0.6 is 15.9 Å². The summed E-state index contributed by atoms with van der Waals surface area (Å²) in [6, 6.07) is 15.2. The molecule has 0 aliphatic carbocycles. The van der Waals surface area contributed by atoms with E-state index in [0.29, 0.717) is 10.4 Å². The van der Waals surface area contributed by atoms with Gasteiger partial charge in [-0.1, -0.05) is 30.3 Å². The van der Waals surface area contributed by atoms with E-state index in [1.54, 1.807) is 9.86 Å². The van der Waals surface area contributed by atoms with Crippen LogP contribution < -0.4 is 5.18 Å². The molecule has 0 unspecified atom stereocenters. The minimum absolute atomic E-state index is 0. The maximum absolute atomic E-state index is 12.6. The largest absolute Gasteiger partial charge is 0.870 e. The second kappa shape index (κ2) is 7.77. The summed E-state index contributed by atoms with van der Waals surface area (Å²) in [4.78, 5) is 27.4. The molecule has 1 aliphatic rings. The Hall–Kier alpha value is -2.91. The Balaban J connectivity index is 0.00000225. The molecule has 2 heterocycles. The number of nitrogens with zero attached hydrogens (tertiary/aromatic N) is 3. The van der Waals surface area contributed by atoms with Crippen LogP contribution in [0.25, 0.3) is 0 Å². The first-order valence-corrected chi connectivity index (χ1v) is 8.68. The summed E-state index contributed by atoms with van der Waals surface area (Å²) < 4.78 is 16.2. The number of carbonyl (C=O) groups excluding carboxylic acids is 1. The summed E-state index contributed by atoms with van der Waals surface area (Å²) in [6.45, 7) is 0. The molecule has 9 heteroatoms. The molecular formula is C18H15BrN4O4. The van der Waals surface area contributed by atoms with Gasteiger partial charge in [-0.25, -0.2) is 14.5 Å². The molecule has 2 N–H and O–H groups in total. The van der Waals surface area contributed by atoms with E-state index in [-0.39, 0.29) is 29.3 Å². The summed E-state index contributed by atoms with van der Waals surface area (Å²) in [5.41, 5.74) is 1.53. The molecule has 8 nitrogen and oxygen atoms in total. The summed E-state index contributed by atoms with van der Waals surface area (Å²) in [5, 5.41) is 6.06. The average molecular weight is 432 g/mol. The molecule has 27 heavy (non-hydrogen) atoms. The van der Waals surface area contributed by atoms with Crippen LogP contribution in [0.5, 0.6) is 0 Å². The van der Waals surface area contributed by atoms with Gasteiger partial charge in [0.2, 0.25) is 4.73 Å². The fraction of sp³-hybridized carbons (Fsp3) is 0.167. The zero-order valence-electron chi connectivity index (χ0n) is 14.9. The second-order valence-electron chi connectivity index (χ2n) is 5.77. The average Bonchev–Trinajstić information content (AvgIpc) is 3.19. The van der Waals surface area contributed by atoms with Gasteiger partial charge in [-0.2, -0.15) is 0 Å². The molecular weight excluding hydrogens is 416 g/mol. The third-order valence-corrected chi connectivity index (χ3v) is 4.50. The van der Waals surface area contributed by atoms with Crippen molar-refractivity contribution >= 4 is 27.6 Å². The molecule has 1 aliphatic heterocycles. The van der Waals surface area contributed by atoms with E-state index in [0.717, 1.165) is 5.56 Å². The van der Waals surface area contributed by atoms with Crippen LogP contribution in [0, 0.1) is 4.91 Å². The first kappa shape index (κ1) is 17.5. The van der Waals surface area contributed by atoms with Gasteiger partial charge >= 0.3 is 5.97 Å². The van der Waals surface area contributed by atoms with E-state index in [2.05, 4.69) is 26.0 Å². The number of aromatic nitrogens is 3. The van der Waals surface area contributed by atoms with Gasteiger partial charge in [0.25, 0.3) is 5.69 Å². The number of halogens is 1. The number of nitrogens with one attached hydrogen (secondary N) is 1. The first-order chi connectivity index (χ1) is 13.0. The highest BCUT2D eigenvalue weighted by molar-refractivity contribution is 9.10. The maximum Gasteiger partial charge on any atom is 0.338 e. The lowest BCUT2D eigenvalue weighted by Gasteiger charge is -2.13. The van der Waals surface area contributed by atoms with Crippen molar-refractivity contribution in [1.29, 1.82) is 0 Å². The Morgan fingerprint density at radius 1 is 1.22 bits per heavy atom. The number of benzene rings is 2. The minimum Gasteiger partial charge on any atom is -0.870 e. The lowest BCUT2D eigenvalue weighted by Crippen LogP contribution is -2.55. The monoisotopic (exact) mass is 431 g/mol. The van der Waals surface area contributed by atoms with Gasteiger partial charge in [-0.05, 0) is 33.6 Å². The van der Waals surface area contributed by atoms with Gasteiger partial charge in [0.05, 0.1) is 13.0 Å². The fourth-order valence-corrected chi connectivity index (χ4v) is 3.26. The highest BCUT2D eigenvalue weighted by atomic mass is 79.9. The fourth-order valence-electron chi connectivity index (χ4n) is 2.92. The molecule has 0 saturated carbocycles. The minimum atomic E-state index is -1.67. The zero-order valence-corrected chi connectivity index (χ0v) is 15.5. The van der Waals surface area contributed by atoms with Crippen LogP contribution in [0.1, 0.15) is 41.7 Å². The molecule has 0 saturated heterocycles. The van der Waals surface area contributed by atoms with E-state index in [1.807, 2.05) is 30.3 Å². The van der Waals surface area contributed by atoms with Gasteiger partial charge in [-0.3, -0.25) is 0 Å². The molecule has 4 rings (SSSR count). The highest BCUT2D eigenvalue weighted by Gasteiger charge is 2.37. The molecule has 0 amide bonds. The smallest absolute Gasteiger partial charge is 0.338 e. The van der Waals surface area contributed by atoms with Crippen LogP contribution in [-0.2, 0) is 4.74 Å². The predicted molar refractivity (Wildman–Crippen MR) is 97.4 cm³/mol. The number of fused-ring (bicyclic) bond motifs is 1. The van der Waals surface area contributed by atoms with Crippen molar-refractivity contribution in [1.82, 2.24) is 14.8 Å². The van der Waals surface area contributed by atoms with Crippen LogP contribution in [0.2, 0.25) is 0 Å². The Bertz CT molecular complexity index is 1010. The second-order valence-corrected chi connectivity index (χ2v) is 6.48. The summed E-state index contributed by atoms with van der Waals surface area (Å²) >= 11 is 3.23. The number of hydrogen-bond acceptors (Lipinski definition) is 6. The lowest BCUT2D eigenvalue weighted by atomic mass is 10.0. The Kier molecular flexibility index (Phi) is 5.03. The topological polar surface area (TPSA) is 118 Å². The normalized spacial score (nSPS) is 20.9. The van der Waals surface area contributed by atoms with Crippen LogP contribution in [-0.4, -0.2) is 26.2 Å². The Morgan fingerprint density at radius 2 is 1.93 bits per heavy atom. The molecule has 0 radical (unpaired) electrons. The number of carbonyl (C=O) groups is 1. The van der Waals surface area contributed by atoms with Gasteiger partial charge in [0.1, 0.15) is 0 Å². The van der Waals surface area contributed by atoms with E-state index >= 15 is 0 Å². The number of esters is 1. The first-order valence-electron chi connectivity index (χ1n) is 8.39. The number of ether oxygens (including phenoxy) is 1. The summed E-state index contributed by atoms with van der Waals surface area (Å²) in [7, 11) is 0. The van der Waals surface area contributed by atoms with Gasteiger partial charge in [0, 0.05) is 28.6 Å². The number of hydrogen-bond donors (Lipinski definition) is 1. The van der Waals surface area contributed by atoms with Crippen molar-refractivity contribution in [3.8, 4) is 0 Å². The molecule has 0 fully saturated rings. The van der Waals surface area contributed by atoms with Gasteiger partial charge in [-0.15, -0.1) is 5.10 Å². The third-order valence-electron chi connectivity index (χ3n) is 4.17. The SMILES string of the molecule is [2H][C@@]1(OC(=O)c2ccc([NH+]=O)cc2)C[C@@H](c2ccccc2)n2nc(Br)nc21.[OH-]. The quantitative estimate of drug-likeness (QED) is 0.632. The van der Waals surface area contributed by atoms with Crippen molar-refractivity contribution in [3.05, 3.63) is 81.2 Å². The number of rotatable bonds is 4. The Labute approximate surface area is 164 Å². The van der Waals surface area contributed by atoms with Gasteiger partial charge < -0.3 is 10.2 Å². The van der Waals surface area contributed by atoms with Crippen LogP contribution in [0.3, 0.4) is 0 Å². The Morgan fingerprint density at radius 3 is 2.59 bits per heavy atom. The lowest BCUT2D eigenvalue weighted by molar-refractivity contribution is -0.379. The van der Waals surface area contributed by atoms with Crippen molar-refractivity contribution in [2.75, 3.05) is 0 Å². The third kappa shape index (κ3) is 3.64. The zero-order chi connectivity index (χ0) is 19.0. The molecule has 2 aromatic carbocycles. The molecule has 1 aromatic heterocycles. The molecule has 2 atom stereocenters. The van der Waals surface area contributed by atoms with Crippen molar-refractivity contribution in [2.24, 2.45) is 0 Å². The summed E-state index contributed by atoms with van der Waals surface area (Å²) in [6.07, 6.45) is -1.47. The van der Waals surface area contributed by atoms with E-state index in [1.165, 1.54) is 24.3 Å². The maximum atomic E-state index is 12.6. The molecule has 138 valence electrons. The predicted octanol–water partition coefficient (Wildman–Crippen LogP) is 2.23. The van der Waals surface area contributed by atoms with E-state index < -0.39 is 12.0 Å². The van der Waals surface area contributed by atoms with Crippen molar-refractivity contribution in [2.45, 2.75) is 18.5 Å². The van der Waals surface area contributed by atoms with Crippen LogP contribution in [0.4, 0.5) is 5.69 Å².